The van der Waals surface area contributed by atoms with Crippen LogP contribution in [0.25, 0.3) is 0 Å². The fraction of sp³-hybridized carbons (Fsp3) is 0.300. The van der Waals surface area contributed by atoms with Gasteiger partial charge in [-0.3, -0.25) is 4.79 Å². The van der Waals surface area contributed by atoms with Crippen molar-refractivity contribution >= 4 is 31.6 Å². The molecule has 0 aliphatic rings. The zero-order valence-corrected chi connectivity index (χ0v) is 10.6. The zero-order chi connectivity index (χ0) is 11.5. The number of hydrogen-bond acceptors (Lipinski definition) is 3. The normalized spacial score (nSPS) is 11.3. The third-order valence-electron chi connectivity index (χ3n) is 1.85. The Balaban J connectivity index is 2.70. The van der Waals surface area contributed by atoms with Gasteiger partial charge in [0.05, 0.1) is 5.75 Å². The number of carbonyl (C=O) groups excluding carboxylic acids is 1. The number of hydrogen-bond donors (Lipinski definition) is 0. The maximum Gasteiger partial charge on any atom is 0.163 e. The lowest BCUT2D eigenvalue weighted by Crippen LogP contribution is -2.09. The topological polar surface area (TPSA) is 51.2 Å². The van der Waals surface area contributed by atoms with Crippen molar-refractivity contribution in [1.82, 2.24) is 0 Å². The Hall–Kier alpha value is -0.680. The molecule has 1 rings (SSSR count). The number of sulfone groups is 1. The molecule has 0 aliphatic carbocycles. The fourth-order valence-electron chi connectivity index (χ4n) is 1.08. The van der Waals surface area contributed by atoms with Crippen LogP contribution in [0.15, 0.2) is 28.7 Å². The first-order chi connectivity index (χ1) is 6.88. The second-order valence-electron chi connectivity index (χ2n) is 3.31. The van der Waals surface area contributed by atoms with E-state index in [0.717, 1.165) is 10.7 Å². The lowest BCUT2D eigenvalue weighted by atomic mass is 10.1. The third-order valence-corrected chi connectivity index (χ3v) is 3.29. The number of Topliss-reactive ketones (excluding diaryl/α,β-unsaturated/α-hetero) is 1. The molecule has 1 aromatic carbocycles. The van der Waals surface area contributed by atoms with Crippen molar-refractivity contribution in [2.75, 3.05) is 12.0 Å². The molecule has 0 saturated heterocycles. The number of carbonyl (C=O) groups is 1. The minimum Gasteiger partial charge on any atom is -0.294 e. The maximum absolute atomic E-state index is 11.6. The maximum atomic E-state index is 11.6. The molecule has 0 aromatic heterocycles. The quantitative estimate of drug-likeness (QED) is 0.798. The van der Waals surface area contributed by atoms with Crippen LogP contribution in [0.2, 0.25) is 0 Å². The van der Waals surface area contributed by atoms with Crippen LogP contribution in [-0.4, -0.2) is 26.2 Å². The fourth-order valence-corrected chi connectivity index (χ4v) is 2.04. The van der Waals surface area contributed by atoms with Crippen molar-refractivity contribution in [2.45, 2.75) is 6.42 Å². The predicted octanol–water partition coefficient (Wildman–Crippen LogP) is 2.07. The summed E-state index contributed by atoms with van der Waals surface area (Å²) in [5.74, 6) is -0.250. The smallest absolute Gasteiger partial charge is 0.163 e. The van der Waals surface area contributed by atoms with Crippen LogP contribution in [0.3, 0.4) is 0 Å². The number of ketones is 1. The molecular weight excluding hydrogens is 280 g/mol. The summed E-state index contributed by atoms with van der Waals surface area (Å²) in [6, 6.07) is 6.92. The summed E-state index contributed by atoms with van der Waals surface area (Å²) in [5.41, 5.74) is 0.535. The second-order valence-corrected chi connectivity index (χ2v) is 6.49. The van der Waals surface area contributed by atoms with Gasteiger partial charge in [0, 0.05) is 22.7 Å². The van der Waals surface area contributed by atoms with Crippen LogP contribution < -0.4 is 0 Å². The molecule has 0 saturated carbocycles. The standard InChI is InChI=1S/C10H11BrO3S/c1-15(13,14)6-5-10(12)8-3-2-4-9(11)7-8/h2-4,7H,5-6H2,1H3. The van der Waals surface area contributed by atoms with Crippen molar-refractivity contribution in [1.29, 1.82) is 0 Å². The van der Waals surface area contributed by atoms with Gasteiger partial charge in [-0.2, -0.15) is 0 Å². The molecule has 0 atom stereocenters. The molecule has 0 unspecified atom stereocenters. The highest BCUT2D eigenvalue weighted by molar-refractivity contribution is 9.10. The average molecular weight is 291 g/mol. The number of halogens is 1. The first-order valence-corrected chi connectivity index (χ1v) is 7.20. The summed E-state index contributed by atoms with van der Waals surface area (Å²) < 4.78 is 22.6. The lowest BCUT2D eigenvalue weighted by molar-refractivity contribution is 0.0988. The van der Waals surface area contributed by atoms with Crippen LogP contribution in [0.4, 0.5) is 0 Å². The number of rotatable bonds is 4. The van der Waals surface area contributed by atoms with Gasteiger partial charge < -0.3 is 0 Å². The van der Waals surface area contributed by atoms with Gasteiger partial charge >= 0.3 is 0 Å². The molecule has 0 spiro atoms. The summed E-state index contributed by atoms with van der Waals surface area (Å²) in [6.45, 7) is 0. The second kappa shape index (κ2) is 4.90. The Morgan fingerprint density at radius 1 is 1.40 bits per heavy atom. The molecule has 0 aliphatic heterocycles. The van der Waals surface area contributed by atoms with Gasteiger partial charge in [0.1, 0.15) is 9.84 Å². The first kappa shape index (κ1) is 12.4. The van der Waals surface area contributed by atoms with Gasteiger partial charge in [0.15, 0.2) is 5.78 Å². The molecule has 1 aromatic rings. The highest BCUT2D eigenvalue weighted by Gasteiger charge is 2.10. The molecule has 3 nitrogen and oxygen atoms in total. The summed E-state index contributed by atoms with van der Waals surface area (Å²) in [4.78, 5) is 11.6. The van der Waals surface area contributed by atoms with Crippen LogP contribution in [-0.2, 0) is 9.84 Å². The van der Waals surface area contributed by atoms with E-state index in [1.165, 1.54) is 0 Å². The van der Waals surface area contributed by atoms with Gasteiger partial charge in [-0.05, 0) is 12.1 Å². The first-order valence-electron chi connectivity index (χ1n) is 4.35. The predicted molar refractivity (Wildman–Crippen MR) is 62.8 cm³/mol. The van der Waals surface area contributed by atoms with E-state index in [1.807, 2.05) is 6.07 Å². The van der Waals surface area contributed by atoms with Gasteiger partial charge in [-0.25, -0.2) is 8.42 Å². The van der Waals surface area contributed by atoms with Gasteiger partial charge in [0.2, 0.25) is 0 Å². The Morgan fingerprint density at radius 2 is 2.07 bits per heavy atom. The van der Waals surface area contributed by atoms with E-state index in [4.69, 9.17) is 0 Å². The molecule has 0 heterocycles. The minimum absolute atomic E-state index is 0.0370. The van der Waals surface area contributed by atoms with Crippen molar-refractivity contribution in [3.63, 3.8) is 0 Å². The largest absolute Gasteiger partial charge is 0.294 e. The monoisotopic (exact) mass is 290 g/mol. The Kier molecular flexibility index (Phi) is 4.04. The minimum atomic E-state index is -3.07. The number of benzene rings is 1. The molecule has 0 bridgehead atoms. The van der Waals surface area contributed by atoms with Crippen molar-refractivity contribution in [3.8, 4) is 0 Å². The van der Waals surface area contributed by atoms with E-state index in [-0.39, 0.29) is 18.0 Å². The van der Waals surface area contributed by atoms with Crippen molar-refractivity contribution in [3.05, 3.63) is 34.3 Å². The molecule has 5 heteroatoms. The Labute approximate surface area is 97.5 Å². The van der Waals surface area contributed by atoms with E-state index in [9.17, 15) is 13.2 Å². The Morgan fingerprint density at radius 3 is 2.60 bits per heavy atom. The molecule has 15 heavy (non-hydrogen) atoms. The van der Waals surface area contributed by atoms with Crippen LogP contribution in [0, 0.1) is 0 Å². The van der Waals surface area contributed by atoms with Crippen LogP contribution >= 0.6 is 15.9 Å². The molecule has 82 valence electrons. The van der Waals surface area contributed by atoms with Crippen molar-refractivity contribution in [2.24, 2.45) is 0 Å². The van der Waals surface area contributed by atoms with Gasteiger partial charge in [-0.1, -0.05) is 28.1 Å². The van der Waals surface area contributed by atoms with E-state index in [1.54, 1.807) is 18.2 Å². The third kappa shape index (κ3) is 4.57. The SMILES string of the molecule is CS(=O)(=O)CCC(=O)c1cccc(Br)c1. The van der Waals surface area contributed by atoms with Crippen LogP contribution in [0.5, 0.6) is 0 Å². The van der Waals surface area contributed by atoms with E-state index >= 15 is 0 Å². The highest BCUT2D eigenvalue weighted by atomic mass is 79.9. The van der Waals surface area contributed by atoms with Gasteiger partial charge in [-0.15, -0.1) is 0 Å². The molecular formula is C10H11BrO3S. The molecule has 0 amide bonds. The highest BCUT2D eigenvalue weighted by Crippen LogP contribution is 2.13. The molecule has 0 fully saturated rings. The zero-order valence-electron chi connectivity index (χ0n) is 8.23. The van der Waals surface area contributed by atoms with E-state index < -0.39 is 9.84 Å². The lowest BCUT2D eigenvalue weighted by Gasteiger charge is -2.00. The summed E-state index contributed by atoms with van der Waals surface area (Å²) >= 11 is 3.25. The molecule has 0 radical (unpaired) electrons. The van der Waals surface area contributed by atoms with Gasteiger partial charge in [0.25, 0.3) is 0 Å². The summed E-state index contributed by atoms with van der Waals surface area (Å²) in [7, 11) is -3.07. The Bertz CT molecular complexity index is 465. The van der Waals surface area contributed by atoms with E-state index in [2.05, 4.69) is 15.9 Å². The molecule has 0 N–H and O–H groups in total. The van der Waals surface area contributed by atoms with Crippen LogP contribution in [0.1, 0.15) is 16.8 Å². The summed E-state index contributed by atoms with van der Waals surface area (Å²) in [5, 5.41) is 0. The summed E-state index contributed by atoms with van der Waals surface area (Å²) in [6.07, 6.45) is 1.16. The average Bonchev–Trinajstić information content (AvgIpc) is 2.13. The van der Waals surface area contributed by atoms with Crippen molar-refractivity contribution < 1.29 is 13.2 Å². The van der Waals surface area contributed by atoms with E-state index in [0.29, 0.717) is 5.56 Å².